The molecular formula is C14H19N3. The number of benzene rings is 1. The van der Waals surface area contributed by atoms with Crippen molar-refractivity contribution in [1.82, 2.24) is 15.1 Å². The predicted octanol–water partition coefficient (Wildman–Crippen LogP) is 2.42. The van der Waals surface area contributed by atoms with Gasteiger partial charge in [0.15, 0.2) is 0 Å². The van der Waals surface area contributed by atoms with Gasteiger partial charge in [0.05, 0.1) is 11.4 Å². The first-order valence-corrected chi connectivity index (χ1v) is 5.87. The molecule has 0 atom stereocenters. The summed E-state index contributed by atoms with van der Waals surface area (Å²) in [5, 5.41) is 7.71. The number of aromatic nitrogens is 2. The summed E-state index contributed by atoms with van der Waals surface area (Å²) < 4.78 is 1.96. The Morgan fingerprint density at radius 1 is 1.29 bits per heavy atom. The summed E-state index contributed by atoms with van der Waals surface area (Å²) in [6.45, 7) is 5.02. The Morgan fingerprint density at radius 3 is 2.71 bits per heavy atom. The normalized spacial score (nSPS) is 10.8. The van der Waals surface area contributed by atoms with E-state index in [2.05, 4.69) is 48.5 Å². The summed E-state index contributed by atoms with van der Waals surface area (Å²) in [7, 11) is 3.96. The van der Waals surface area contributed by atoms with Crippen LogP contribution in [0.3, 0.4) is 0 Å². The van der Waals surface area contributed by atoms with Gasteiger partial charge in [-0.1, -0.05) is 29.8 Å². The summed E-state index contributed by atoms with van der Waals surface area (Å²) in [6.07, 6.45) is 0. The maximum absolute atomic E-state index is 4.51. The zero-order valence-corrected chi connectivity index (χ0v) is 10.9. The van der Waals surface area contributed by atoms with E-state index in [0.717, 1.165) is 12.2 Å². The van der Waals surface area contributed by atoms with Gasteiger partial charge in [-0.2, -0.15) is 5.10 Å². The molecule has 1 aromatic heterocycles. The number of nitrogens with zero attached hydrogens (tertiary/aromatic N) is 2. The van der Waals surface area contributed by atoms with Crippen LogP contribution in [0.15, 0.2) is 24.3 Å². The number of hydrogen-bond donors (Lipinski definition) is 1. The molecule has 0 aliphatic rings. The van der Waals surface area contributed by atoms with Gasteiger partial charge in [0.25, 0.3) is 0 Å². The van der Waals surface area contributed by atoms with Gasteiger partial charge in [-0.25, -0.2) is 0 Å². The second kappa shape index (κ2) is 4.72. The van der Waals surface area contributed by atoms with Crippen molar-refractivity contribution in [2.24, 2.45) is 7.05 Å². The molecule has 0 spiro atoms. The maximum Gasteiger partial charge on any atom is 0.0675 e. The summed E-state index contributed by atoms with van der Waals surface area (Å²) >= 11 is 0. The van der Waals surface area contributed by atoms with Crippen molar-refractivity contribution in [2.75, 3.05) is 7.05 Å². The number of nitrogens with one attached hydrogen (secondary N) is 1. The lowest BCUT2D eigenvalue weighted by Gasteiger charge is -2.07. The third-order valence-corrected chi connectivity index (χ3v) is 2.99. The Morgan fingerprint density at radius 2 is 2.06 bits per heavy atom. The molecular weight excluding hydrogens is 210 g/mol. The van der Waals surface area contributed by atoms with Crippen LogP contribution in [0.25, 0.3) is 11.1 Å². The van der Waals surface area contributed by atoms with E-state index in [4.69, 9.17) is 0 Å². The lowest BCUT2D eigenvalue weighted by atomic mass is 10.0. The first-order chi connectivity index (χ1) is 8.13. The maximum atomic E-state index is 4.51. The van der Waals surface area contributed by atoms with E-state index in [-0.39, 0.29) is 0 Å². The third-order valence-electron chi connectivity index (χ3n) is 2.99. The van der Waals surface area contributed by atoms with Crippen molar-refractivity contribution in [3.05, 3.63) is 41.2 Å². The quantitative estimate of drug-likeness (QED) is 0.876. The Labute approximate surface area is 102 Å². The highest BCUT2D eigenvalue weighted by Gasteiger charge is 2.14. The van der Waals surface area contributed by atoms with Gasteiger partial charge in [0.2, 0.25) is 0 Å². The van der Waals surface area contributed by atoms with Gasteiger partial charge in [-0.3, -0.25) is 4.68 Å². The van der Waals surface area contributed by atoms with E-state index in [1.165, 1.54) is 22.4 Å². The first-order valence-electron chi connectivity index (χ1n) is 5.87. The van der Waals surface area contributed by atoms with Crippen LogP contribution in [0, 0.1) is 13.8 Å². The Hall–Kier alpha value is -1.61. The van der Waals surface area contributed by atoms with Crippen molar-refractivity contribution in [3.8, 4) is 11.1 Å². The van der Waals surface area contributed by atoms with E-state index in [9.17, 15) is 0 Å². The van der Waals surface area contributed by atoms with Gasteiger partial charge in [-0.15, -0.1) is 0 Å². The standard InChI is InChI=1S/C14H19N3/c1-10-6-5-7-12(8-10)14-11(2)16-17(4)13(14)9-15-3/h5-8,15H,9H2,1-4H3. The van der Waals surface area contributed by atoms with Gasteiger partial charge in [0.1, 0.15) is 0 Å². The molecule has 0 radical (unpaired) electrons. The van der Waals surface area contributed by atoms with Crippen molar-refractivity contribution in [3.63, 3.8) is 0 Å². The van der Waals surface area contributed by atoms with E-state index < -0.39 is 0 Å². The highest BCUT2D eigenvalue weighted by Crippen LogP contribution is 2.27. The molecule has 0 aliphatic heterocycles. The molecule has 2 aromatic rings. The van der Waals surface area contributed by atoms with Crippen LogP contribution in [-0.4, -0.2) is 16.8 Å². The molecule has 1 N–H and O–H groups in total. The third kappa shape index (κ3) is 2.24. The van der Waals surface area contributed by atoms with Gasteiger partial charge < -0.3 is 5.32 Å². The molecule has 1 aromatic carbocycles. The minimum atomic E-state index is 0.834. The smallest absolute Gasteiger partial charge is 0.0675 e. The SMILES string of the molecule is CNCc1c(-c2cccc(C)c2)c(C)nn1C. The summed E-state index contributed by atoms with van der Waals surface area (Å²) in [5.74, 6) is 0. The molecule has 90 valence electrons. The molecule has 0 saturated heterocycles. The average molecular weight is 229 g/mol. The van der Waals surface area contributed by atoms with Crippen molar-refractivity contribution in [2.45, 2.75) is 20.4 Å². The second-order valence-corrected chi connectivity index (χ2v) is 4.43. The van der Waals surface area contributed by atoms with Gasteiger partial charge in [0, 0.05) is 19.2 Å². The minimum Gasteiger partial charge on any atom is -0.314 e. The van der Waals surface area contributed by atoms with Crippen LogP contribution < -0.4 is 5.32 Å². The van der Waals surface area contributed by atoms with Crippen LogP contribution in [0.2, 0.25) is 0 Å². The van der Waals surface area contributed by atoms with Crippen LogP contribution in [0.5, 0.6) is 0 Å². The van der Waals surface area contributed by atoms with Crippen LogP contribution in [-0.2, 0) is 13.6 Å². The fraction of sp³-hybridized carbons (Fsp3) is 0.357. The molecule has 0 unspecified atom stereocenters. The fourth-order valence-electron chi connectivity index (χ4n) is 2.25. The molecule has 0 aliphatic carbocycles. The Bertz CT molecular complexity index is 526. The Balaban J connectivity index is 2.57. The fourth-order valence-corrected chi connectivity index (χ4v) is 2.25. The monoisotopic (exact) mass is 229 g/mol. The van der Waals surface area contributed by atoms with Gasteiger partial charge >= 0.3 is 0 Å². The molecule has 0 bridgehead atoms. The number of aryl methyl sites for hydroxylation is 3. The van der Waals surface area contributed by atoms with E-state index in [1.807, 2.05) is 18.8 Å². The molecule has 1 heterocycles. The zero-order valence-electron chi connectivity index (χ0n) is 10.9. The molecule has 0 fully saturated rings. The molecule has 3 nitrogen and oxygen atoms in total. The zero-order chi connectivity index (χ0) is 12.4. The van der Waals surface area contributed by atoms with Crippen LogP contribution in [0.4, 0.5) is 0 Å². The topological polar surface area (TPSA) is 29.9 Å². The molecule has 0 amide bonds. The average Bonchev–Trinajstić information content (AvgIpc) is 2.54. The lowest BCUT2D eigenvalue weighted by molar-refractivity contribution is 0.669. The number of rotatable bonds is 3. The highest BCUT2D eigenvalue weighted by molar-refractivity contribution is 5.69. The van der Waals surface area contributed by atoms with Crippen LogP contribution in [0.1, 0.15) is 17.0 Å². The van der Waals surface area contributed by atoms with Crippen LogP contribution >= 0.6 is 0 Å². The first kappa shape index (κ1) is 11.9. The van der Waals surface area contributed by atoms with E-state index in [1.54, 1.807) is 0 Å². The van der Waals surface area contributed by atoms with E-state index >= 15 is 0 Å². The Kier molecular flexibility index (Phi) is 3.29. The number of hydrogen-bond acceptors (Lipinski definition) is 2. The molecule has 17 heavy (non-hydrogen) atoms. The summed E-state index contributed by atoms with van der Waals surface area (Å²) in [4.78, 5) is 0. The largest absolute Gasteiger partial charge is 0.314 e. The molecule has 3 heteroatoms. The lowest BCUT2D eigenvalue weighted by Crippen LogP contribution is -2.10. The van der Waals surface area contributed by atoms with Gasteiger partial charge in [-0.05, 0) is 26.5 Å². The second-order valence-electron chi connectivity index (χ2n) is 4.43. The summed E-state index contributed by atoms with van der Waals surface area (Å²) in [6, 6.07) is 8.58. The molecule has 0 saturated carbocycles. The van der Waals surface area contributed by atoms with Crippen molar-refractivity contribution in [1.29, 1.82) is 0 Å². The minimum absolute atomic E-state index is 0.834. The summed E-state index contributed by atoms with van der Waals surface area (Å²) in [5.41, 5.74) is 6.10. The highest BCUT2D eigenvalue weighted by atomic mass is 15.3. The van der Waals surface area contributed by atoms with Crippen molar-refractivity contribution >= 4 is 0 Å². The van der Waals surface area contributed by atoms with E-state index in [0.29, 0.717) is 0 Å². The predicted molar refractivity (Wildman–Crippen MR) is 70.9 cm³/mol. The molecule has 2 rings (SSSR count). The van der Waals surface area contributed by atoms with Crippen molar-refractivity contribution < 1.29 is 0 Å².